The van der Waals surface area contributed by atoms with Crippen LogP contribution < -0.4 is 4.72 Å². The van der Waals surface area contributed by atoms with Gasteiger partial charge >= 0.3 is 0 Å². The number of nitrogens with one attached hydrogen (secondary N) is 1. The van der Waals surface area contributed by atoms with E-state index < -0.39 is 15.8 Å². The van der Waals surface area contributed by atoms with Gasteiger partial charge in [0.05, 0.1) is 10.6 Å². The van der Waals surface area contributed by atoms with Crippen molar-refractivity contribution in [3.8, 4) is 0 Å². The van der Waals surface area contributed by atoms with Crippen LogP contribution in [0.15, 0.2) is 51.8 Å². The molecule has 0 spiro atoms. The largest absolute Gasteiger partial charge is 0.280 e. The SMILES string of the molecule is Cc1cc(F)cc(NS(=O)(=O)c2ccc(Br)cc2)c1. The summed E-state index contributed by atoms with van der Waals surface area (Å²) in [5.41, 5.74) is 0.855. The summed E-state index contributed by atoms with van der Waals surface area (Å²) >= 11 is 3.23. The van der Waals surface area contributed by atoms with Crippen molar-refractivity contribution >= 4 is 31.6 Å². The fraction of sp³-hybridized carbons (Fsp3) is 0.0769. The van der Waals surface area contributed by atoms with Gasteiger partial charge in [-0.2, -0.15) is 0 Å². The number of rotatable bonds is 3. The highest BCUT2D eigenvalue weighted by Crippen LogP contribution is 2.20. The van der Waals surface area contributed by atoms with Crippen molar-refractivity contribution in [2.24, 2.45) is 0 Å². The highest BCUT2D eigenvalue weighted by atomic mass is 79.9. The van der Waals surface area contributed by atoms with E-state index in [9.17, 15) is 12.8 Å². The molecule has 0 aliphatic heterocycles. The minimum Gasteiger partial charge on any atom is -0.280 e. The van der Waals surface area contributed by atoms with Crippen LogP contribution in [-0.2, 0) is 10.0 Å². The predicted molar refractivity (Wildman–Crippen MR) is 76.1 cm³/mol. The Kier molecular flexibility index (Phi) is 3.91. The number of sulfonamides is 1. The molecule has 2 aromatic carbocycles. The molecule has 0 unspecified atom stereocenters. The van der Waals surface area contributed by atoms with E-state index >= 15 is 0 Å². The molecule has 0 aliphatic rings. The van der Waals surface area contributed by atoms with Gasteiger partial charge in [0.15, 0.2) is 0 Å². The predicted octanol–water partition coefficient (Wildman–Crippen LogP) is 3.70. The van der Waals surface area contributed by atoms with Gasteiger partial charge in [0.2, 0.25) is 0 Å². The van der Waals surface area contributed by atoms with Crippen molar-refractivity contribution in [2.45, 2.75) is 11.8 Å². The van der Waals surface area contributed by atoms with Gasteiger partial charge in [0.25, 0.3) is 10.0 Å². The Hall–Kier alpha value is -1.40. The van der Waals surface area contributed by atoms with Gasteiger partial charge in [-0.3, -0.25) is 4.72 Å². The summed E-state index contributed by atoms with van der Waals surface area (Å²) in [5, 5.41) is 0. The average molecular weight is 344 g/mol. The van der Waals surface area contributed by atoms with Crippen molar-refractivity contribution in [1.82, 2.24) is 0 Å². The second-order valence-corrected chi connectivity index (χ2v) is 6.67. The number of hydrogen-bond donors (Lipinski definition) is 1. The molecule has 0 saturated carbocycles. The molecule has 0 aromatic heterocycles. The Morgan fingerprint density at radius 2 is 1.74 bits per heavy atom. The molecule has 0 saturated heterocycles. The van der Waals surface area contributed by atoms with Crippen LogP contribution in [0.4, 0.5) is 10.1 Å². The summed E-state index contributed by atoms with van der Waals surface area (Å²) in [6.07, 6.45) is 0. The molecular formula is C13H11BrFNO2S. The zero-order chi connectivity index (χ0) is 14.0. The van der Waals surface area contributed by atoms with Crippen LogP contribution in [-0.4, -0.2) is 8.42 Å². The van der Waals surface area contributed by atoms with Crippen LogP contribution in [0.2, 0.25) is 0 Å². The van der Waals surface area contributed by atoms with Crippen LogP contribution in [0.5, 0.6) is 0 Å². The van der Waals surface area contributed by atoms with Crippen LogP contribution in [0.25, 0.3) is 0 Å². The first-order chi connectivity index (χ1) is 8.87. The topological polar surface area (TPSA) is 46.2 Å². The number of halogens is 2. The lowest BCUT2D eigenvalue weighted by atomic mass is 10.2. The molecular weight excluding hydrogens is 333 g/mol. The van der Waals surface area contributed by atoms with Crippen molar-refractivity contribution in [3.05, 3.63) is 58.3 Å². The quantitative estimate of drug-likeness (QED) is 0.923. The first kappa shape index (κ1) is 14.0. The molecule has 0 aliphatic carbocycles. The zero-order valence-corrected chi connectivity index (χ0v) is 12.4. The van der Waals surface area contributed by atoms with E-state index in [2.05, 4.69) is 20.7 Å². The molecule has 0 fully saturated rings. The van der Waals surface area contributed by atoms with Gasteiger partial charge in [0.1, 0.15) is 5.82 Å². The smallest absolute Gasteiger partial charge is 0.261 e. The fourth-order valence-corrected chi connectivity index (χ4v) is 2.93. The van der Waals surface area contributed by atoms with E-state index in [4.69, 9.17) is 0 Å². The fourth-order valence-electron chi connectivity index (χ4n) is 1.62. The van der Waals surface area contributed by atoms with E-state index in [-0.39, 0.29) is 10.6 Å². The van der Waals surface area contributed by atoms with Crippen molar-refractivity contribution < 1.29 is 12.8 Å². The van der Waals surface area contributed by atoms with Crippen molar-refractivity contribution in [3.63, 3.8) is 0 Å². The standard InChI is InChI=1S/C13H11BrFNO2S/c1-9-6-11(15)8-12(7-9)16-19(17,18)13-4-2-10(14)3-5-13/h2-8,16H,1H3. The average Bonchev–Trinajstić information content (AvgIpc) is 2.27. The van der Waals surface area contributed by atoms with Crippen LogP contribution in [0.3, 0.4) is 0 Å². The molecule has 0 heterocycles. The minimum atomic E-state index is -3.70. The highest BCUT2D eigenvalue weighted by molar-refractivity contribution is 9.10. The molecule has 0 bridgehead atoms. The number of benzene rings is 2. The summed E-state index contributed by atoms with van der Waals surface area (Å²) in [5.74, 6) is -0.478. The van der Waals surface area contributed by atoms with Gasteiger partial charge in [-0.25, -0.2) is 12.8 Å². The first-order valence-electron chi connectivity index (χ1n) is 5.42. The molecule has 100 valence electrons. The molecule has 6 heteroatoms. The summed E-state index contributed by atoms with van der Waals surface area (Å²) < 4.78 is 40.5. The van der Waals surface area contributed by atoms with Crippen LogP contribution in [0, 0.1) is 12.7 Å². The van der Waals surface area contributed by atoms with E-state index in [1.165, 1.54) is 18.2 Å². The summed E-state index contributed by atoms with van der Waals surface area (Å²) in [4.78, 5) is 0.123. The van der Waals surface area contributed by atoms with E-state index in [1.54, 1.807) is 25.1 Å². The van der Waals surface area contributed by atoms with Gasteiger partial charge in [0, 0.05) is 4.47 Å². The lowest BCUT2D eigenvalue weighted by Gasteiger charge is -2.09. The van der Waals surface area contributed by atoms with Crippen LogP contribution in [0.1, 0.15) is 5.56 Å². The Labute approximate surface area is 119 Å². The molecule has 0 amide bonds. The normalized spacial score (nSPS) is 11.3. The molecule has 3 nitrogen and oxygen atoms in total. The van der Waals surface area contributed by atoms with Crippen LogP contribution >= 0.6 is 15.9 Å². The molecule has 0 atom stereocenters. The van der Waals surface area contributed by atoms with Crippen molar-refractivity contribution in [2.75, 3.05) is 4.72 Å². The zero-order valence-electron chi connectivity index (χ0n) is 10.0. The Morgan fingerprint density at radius 3 is 2.32 bits per heavy atom. The number of hydrogen-bond acceptors (Lipinski definition) is 2. The third-order valence-electron chi connectivity index (χ3n) is 2.42. The van der Waals surface area contributed by atoms with Gasteiger partial charge in [-0.05, 0) is 55.0 Å². The Morgan fingerprint density at radius 1 is 1.11 bits per heavy atom. The third-order valence-corrected chi connectivity index (χ3v) is 4.34. The maximum absolute atomic E-state index is 13.2. The number of anilines is 1. The lowest BCUT2D eigenvalue weighted by Crippen LogP contribution is -2.13. The second-order valence-electron chi connectivity index (χ2n) is 4.08. The maximum Gasteiger partial charge on any atom is 0.261 e. The van der Waals surface area contributed by atoms with Gasteiger partial charge in [-0.15, -0.1) is 0 Å². The van der Waals surface area contributed by atoms with Gasteiger partial charge in [-0.1, -0.05) is 15.9 Å². The second kappa shape index (κ2) is 5.30. The van der Waals surface area contributed by atoms with E-state index in [0.717, 1.165) is 10.5 Å². The Balaban J connectivity index is 2.33. The maximum atomic E-state index is 13.2. The molecule has 2 aromatic rings. The van der Waals surface area contributed by atoms with Crippen molar-refractivity contribution in [1.29, 1.82) is 0 Å². The summed E-state index contributed by atoms with van der Waals surface area (Å²) in [7, 11) is -3.70. The lowest BCUT2D eigenvalue weighted by molar-refractivity contribution is 0.601. The monoisotopic (exact) mass is 343 g/mol. The minimum absolute atomic E-state index is 0.123. The third kappa shape index (κ3) is 3.54. The van der Waals surface area contributed by atoms with E-state index in [1.807, 2.05) is 0 Å². The molecule has 0 radical (unpaired) electrons. The Bertz CT molecular complexity index is 679. The summed E-state index contributed by atoms with van der Waals surface area (Å²) in [6, 6.07) is 10.2. The number of aryl methyl sites for hydroxylation is 1. The molecule has 1 N–H and O–H groups in total. The molecule has 19 heavy (non-hydrogen) atoms. The molecule has 2 rings (SSSR count). The highest BCUT2D eigenvalue weighted by Gasteiger charge is 2.14. The van der Waals surface area contributed by atoms with Gasteiger partial charge < -0.3 is 0 Å². The van der Waals surface area contributed by atoms with E-state index in [0.29, 0.717) is 5.56 Å². The first-order valence-corrected chi connectivity index (χ1v) is 7.70. The summed E-state index contributed by atoms with van der Waals surface area (Å²) in [6.45, 7) is 1.69.